The molecule has 0 saturated heterocycles. The molecule has 2 rings (SSSR count). The molecule has 0 aliphatic heterocycles. The molecule has 0 aliphatic rings. The van der Waals surface area contributed by atoms with E-state index in [-0.39, 0.29) is 11.7 Å². The highest BCUT2D eigenvalue weighted by molar-refractivity contribution is 6.30. The van der Waals surface area contributed by atoms with Crippen molar-refractivity contribution in [1.82, 2.24) is 15.5 Å². The molecular weight excluding hydrogens is 271 g/mol. The lowest BCUT2D eigenvalue weighted by Gasteiger charge is -2.02. The third-order valence-corrected chi connectivity index (χ3v) is 2.58. The number of nitrogens with zero attached hydrogens (tertiary/aromatic N) is 2. The van der Waals surface area contributed by atoms with Gasteiger partial charge in [-0.1, -0.05) is 23.6 Å². The fraction of sp³-hybridized carbons (Fsp3) is 0.333. The average molecular weight is 285 g/mol. The Kier molecular flexibility index (Phi) is 4.70. The molecule has 2 N–H and O–H groups in total. The monoisotopic (exact) mass is 284 g/mol. The van der Waals surface area contributed by atoms with E-state index in [9.17, 15) is 4.39 Å². The summed E-state index contributed by atoms with van der Waals surface area (Å²) >= 11 is 5.67. The van der Waals surface area contributed by atoms with Crippen molar-refractivity contribution in [1.29, 1.82) is 0 Å². The first-order valence-electron chi connectivity index (χ1n) is 5.94. The molecule has 2 aromatic rings. The molecule has 0 amide bonds. The highest BCUT2D eigenvalue weighted by Gasteiger charge is 2.09. The van der Waals surface area contributed by atoms with Crippen molar-refractivity contribution >= 4 is 23.3 Å². The highest BCUT2D eigenvalue weighted by Crippen LogP contribution is 2.22. The molecule has 0 saturated carbocycles. The molecule has 5 nitrogen and oxygen atoms in total. The van der Waals surface area contributed by atoms with E-state index >= 15 is 0 Å². The maximum Gasteiger partial charge on any atom is 0.320 e. The van der Waals surface area contributed by atoms with E-state index in [0.717, 1.165) is 13.0 Å². The Morgan fingerprint density at radius 3 is 2.95 bits per heavy atom. The molecule has 1 aromatic carbocycles. The third kappa shape index (κ3) is 3.90. The van der Waals surface area contributed by atoms with Crippen molar-refractivity contribution in [2.75, 3.05) is 11.9 Å². The van der Waals surface area contributed by atoms with E-state index in [2.05, 4.69) is 27.8 Å². The van der Waals surface area contributed by atoms with Crippen LogP contribution in [0.1, 0.15) is 19.2 Å². The number of halogens is 2. The molecule has 102 valence electrons. The van der Waals surface area contributed by atoms with Crippen LogP contribution in [0.3, 0.4) is 0 Å². The smallest absolute Gasteiger partial charge is 0.320 e. The molecule has 7 heteroatoms. The minimum absolute atomic E-state index is 0.148. The van der Waals surface area contributed by atoms with Crippen molar-refractivity contribution in [3.8, 4) is 0 Å². The van der Waals surface area contributed by atoms with Crippen LogP contribution in [0.15, 0.2) is 22.6 Å². The maximum absolute atomic E-state index is 13.5. The summed E-state index contributed by atoms with van der Waals surface area (Å²) in [5, 5.41) is 13.8. The van der Waals surface area contributed by atoms with Gasteiger partial charge in [-0.3, -0.25) is 0 Å². The number of nitrogens with one attached hydrogen (secondary N) is 2. The van der Waals surface area contributed by atoms with Gasteiger partial charge in [0.05, 0.1) is 12.2 Å². The highest BCUT2D eigenvalue weighted by atomic mass is 35.5. The van der Waals surface area contributed by atoms with Gasteiger partial charge >= 0.3 is 6.01 Å². The van der Waals surface area contributed by atoms with Crippen LogP contribution in [0.2, 0.25) is 5.02 Å². The molecule has 0 unspecified atom stereocenters. The first-order valence-corrected chi connectivity index (χ1v) is 6.32. The van der Waals surface area contributed by atoms with Crippen LogP contribution in [0, 0.1) is 5.82 Å². The summed E-state index contributed by atoms with van der Waals surface area (Å²) < 4.78 is 18.9. The number of hydrogen-bond donors (Lipinski definition) is 2. The zero-order valence-electron chi connectivity index (χ0n) is 10.4. The van der Waals surface area contributed by atoms with Gasteiger partial charge in [-0.25, -0.2) is 4.39 Å². The number of anilines is 2. The lowest BCUT2D eigenvalue weighted by atomic mass is 10.3. The molecule has 0 radical (unpaired) electrons. The maximum atomic E-state index is 13.5. The molecular formula is C12H14ClFN4O. The molecule has 0 spiro atoms. The summed E-state index contributed by atoms with van der Waals surface area (Å²) in [4.78, 5) is 0. The topological polar surface area (TPSA) is 63.0 Å². The van der Waals surface area contributed by atoms with Crippen molar-refractivity contribution in [2.45, 2.75) is 19.9 Å². The Balaban J connectivity index is 1.99. The van der Waals surface area contributed by atoms with Gasteiger partial charge in [-0.2, -0.15) is 0 Å². The first-order chi connectivity index (χ1) is 9.19. The van der Waals surface area contributed by atoms with Gasteiger partial charge in [0.1, 0.15) is 5.82 Å². The van der Waals surface area contributed by atoms with E-state index in [1.54, 1.807) is 6.07 Å². The summed E-state index contributed by atoms with van der Waals surface area (Å²) in [5.41, 5.74) is 0.237. The Labute approximate surface area is 115 Å². The average Bonchev–Trinajstić information content (AvgIpc) is 2.81. The summed E-state index contributed by atoms with van der Waals surface area (Å²) in [7, 11) is 0. The lowest BCUT2D eigenvalue weighted by molar-refractivity contribution is 0.479. The van der Waals surface area contributed by atoms with Gasteiger partial charge in [0, 0.05) is 5.02 Å². The van der Waals surface area contributed by atoms with E-state index in [4.69, 9.17) is 16.0 Å². The number of hydrogen-bond acceptors (Lipinski definition) is 5. The SMILES string of the molecule is CCCNCc1nnc(Nc2ccc(Cl)cc2F)o1. The Hall–Kier alpha value is -1.66. The molecule has 1 aromatic heterocycles. The molecule has 0 aliphatic carbocycles. The number of rotatable bonds is 6. The summed E-state index contributed by atoms with van der Waals surface area (Å²) in [6, 6.07) is 4.45. The van der Waals surface area contributed by atoms with Gasteiger partial charge < -0.3 is 15.1 Å². The summed E-state index contributed by atoms with van der Waals surface area (Å²) in [6.07, 6.45) is 1.02. The van der Waals surface area contributed by atoms with Gasteiger partial charge in [0.2, 0.25) is 5.89 Å². The van der Waals surface area contributed by atoms with E-state index in [0.29, 0.717) is 17.5 Å². The molecule has 0 fully saturated rings. The predicted molar refractivity (Wildman–Crippen MR) is 71.0 cm³/mol. The first kappa shape index (κ1) is 13.8. The van der Waals surface area contributed by atoms with E-state index in [1.807, 2.05) is 0 Å². The standard InChI is InChI=1S/C12H14ClFN4O/c1-2-5-15-7-11-17-18-12(19-11)16-10-4-3-8(13)6-9(10)14/h3-4,6,15H,2,5,7H2,1H3,(H,16,18). The summed E-state index contributed by atoms with van der Waals surface area (Å²) in [5.74, 6) is -0.0262. The van der Waals surface area contributed by atoms with Crippen LogP contribution < -0.4 is 10.6 Å². The Morgan fingerprint density at radius 1 is 1.37 bits per heavy atom. The third-order valence-electron chi connectivity index (χ3n) is 2.34. The summed E-state index contributed by atoms with van der Waals surface area (Å²) in [6.45, 7) is 3.43. The van der Waals surface area contributed by atoms with E-state index in [1.165, 1.54) is 12.1 Å². The van der Waals surface area contributed by atoms with Crippen LogP contribution >= 0.6 is 11.6 Å². The second-order valence-corrected chi connectivity index (χ2v) is 4.36. The minimum atomic E-state index is -0.476. The van der Waals surface area contributed by atoms with Gasteiger partial charge in [0.15, 0.2) is 0 Å². The number of aromatic nitrogens is 2. The lowest BCUT2D eigenvalue weighted by Crippen LogP contribution is -2.13. The fourth-order valence-electron chi connectivity index (χ4n) is 1.45. The zero-order valence-corrected chi connectivity index (χ0v) is 11.2. The van der Waals surface area contributed by atoms with Crippen molar-refractivity contribution < 1.29 is 8.81 Å². The second kappa shape index (κ2) is 6.49. The van der Waals surface area contributed by atoms with Crippen LogP contribution in [0.5, 0.6) is 0 Å². The van der Waals surface area contributed by atoms with Crippen LogP contribution in [0.25, 0.3) is 0 Å². The van der Waals surface area contributed by atoms with Crippen molar-refractivity contribution in [3.63, 3.8) is 0 Å². The fourth-order valence-corrected chi connectivity index (χ4v) is 1.61. The van der Waals surface area contributed by atoms with E-state index < -0.39 is 5.82 Å². The molecule has 19 heavy (non-hydrogen) atoms. The quantitative estimate of drug-likeness (QED) is 0.798. The van der Waals surface area contributed by atoms with Crippen molar-refractivity contribution in [2.24, 2.45) is 0 Å². The van der Waals surface area contributed by atoms with Crippen LogP contribution in [-0.2, 0) is 6.54 Å². The largest absolute Gasteiger partial charge is 0.406 e. The van der Waals surface area contributed by atoms with Gasteiger partial charge in [-0.05, 0) is 31.2 Å². The Bertz CT molecular complexity index is 546. The zero-order chi connectivity index (χ0) is 13.7. The Morgan fingerprint density at radius 2 is 2.21 bits per heavy atom. The normalized spacial score (nSPS) is 10.7. The minimum Gasteiger partial charge on any atom is -0.406 e. The van der Waals surface area contributed by atoms with Gasteiger partial charge in [-0.15, -0.1) is 5.10 Å². The van der Waals surface area contributed by atoms with Gasteiger partial charge in [0.25, 0.3) is 0 Å². The molecule has 0 bridgehead atoms. The van der Waals surface area contributed by atoms with Crippen LogP contribution in [-0.4, -0.2) is 16.7 Å². The van der Waals surface area contributed by atoms with Crippen LogP contribution in [0.4, 0.5) is 16.1 Å². The molecule has 1 heterocycles. The predicted octanol–water partition coefficient (Wildman–Crippen LogP) is 3.11. The van der Waals surface area contributed by atoms with Crippen molar-refractivity contribution in [3.05, 3.63) is 34.9 Å². The molecule has 0 atom stereocenters. The second-order valence-electron chi connectivity index (χ2n) is 3.93. The number of benzene rings is 1.